The summed E-state index contributed by atoms with van der Waals surface area (Å²) in [6.07, 6.45) is 0.129. The standard InChI is InChI=1S/C25H28F2N4O4S/c1-16-29-21(17-2-4-18(5-3-17)31-10-12-36(33,34)13-11-31)22(35-16)19-6-7-25(26,27)14-20(19)23(32)30-24(15-28)8-9-24/h2-5,19-20H,6-14H2,1H3,(H,30,32)/t19-,20-/m1/s1. The second-order valence-corrected chi connectivity index (χ2v) is 12.4. The summed E-state index contributed by atoms with van der Waals surface area (Å²) in [5.74, 6) is -4.15. The first-order valence-corrected chi connectivity index (χ1v) is 14.0. The second kappa shape index (κ2) is 8.83. The number of alkyl halides is 2. The van der Waals surface area contributed by atoms with E-state index in [9.17, 15) is 27.3 Å². The molecule has 2 aromatic rings. The molecule has 1 saturated heterocycles. The van der Waals surface area contributed by atoms with E-state index in [0.29, 0.717) is 43.3 Å². The highest BCUT2D eigenvalue weighted by atomic mass is 32.2. The molecule has 8 nitrogen and oxygen atoms in total. The Kier molecular flexibility index (Phi) is 6.06. The average molecular weight is 519 g/mol. The molecule has 192 valence electrons. The molecule has 3 aliphatic rings. The highest BCUT2D eigenvalue weighted by Crippen LogP contribution is 2.48. The molecule has 0 radical (unpaired) electrons. The number of halogens is 2. The third-order valence-corrected chi connectivity index (χ3v) is 9.05. The van der Waals surface area contributed by atoms with E-state index in [0.717, 1.165) is 11.3 Å². The number of anilines is 1. The number of nitrogens with zero attached hydrogens (tertiary/aromatic N) is 3. The number of aryl methyl sites for hydroxylation is 1. The summed E-state index contributed by atoms with van der Waals surface area (Å²) in [7, 11) is -2.99. The number of benzene rings is 1. The van der Waals surface area contributed by atoms with Crippen LogP contribution >= 0.6 is 0 Å². The number of aromatic nitrogens is 1. The van der Waals surface area contributed by atoms with Gasteiger partial charge in [0.1, 0.15) is 17.0 Å². The highest BCUT2D eigenvalue weighted by Gasteiger charge is 2.51. The normalized spacial score (nSPS) is 26.1. The zero-order valence-corrected chi connectivity index (χ0v) is 20.8. The van der Waals surface area contributed by atoms with Crippen LogP contribution < -0.4 is 10.2 Å². The molecule has 2 aliphatic carbocycles. The van der Waals surface area contributed by atoms with Crippen molar-refractivity contribution < 1.29 is 26.4 Å². The van der Waals surface area contributed by atoms with Crippen LogP contribution in [0.3, 0.4) is 0 Å². The summed E-state index contributed by atoms with van der Waals surface area (Å²) in [5.41, 5.74) is 1.17. The number of hydrogen-bond donors (Lipinski definition) is 1. The van der Waals surface area contributed by atoms with E-state index in [4.69, 9.17) is 4.42 Å². The molecule has 11 heteroatoms. The summed E-state index contributed by atoms with van der Waals surface area (Å²) in [6.45, 7) is 2.53. The van der Waals surface area contributed by atoms with Gasteiger partial charge < -0.3 is 14.6 Å². The van der Waals surface area contributed by atoms with Gasteiger partial charge in [-0.3, -0.25) is 4.79 Å². The Morgan fingerprint density at radius 2 is 1.86 bits per heavy atom. The largest absolute Gasteiger partial charge is 0.445 e. The number of hydrogen-bond acceptors (Lipinski definition) is 7. The molecule has 1 N–H and O–H groups in total. The van der Waals surface area contributed by atoms with E-state index >= 15 is 0 Å². The topological polar surface area (TPSA) is 116 Å². The van der Waals surface area contributed by atoms with Crippen molar-refractivity contribution in [2.75, 3.05) is 29.5 Å². The SMILES string of the molecule is Cc1nc(-c2ccc(N3CCS(=O)(=O)CC3)cc2)c([C@@H]2CCC(F)(F)C[C@H]2C(=O)NC2(C#N)CC2)o1. The molecule has 2 atom stereocenters. The van der Waals surface area contributed by atoms with Gasteiger partial charge in [0.15, 0.2) is 15.7 Å². The maximum absolute atomic E-state index is 14.4. The van der Waals surface area contributed by atoms with Crippen LogP contribution in [0.25, 0.3) is 11.3 Å². The lowest BCUT2D eigenvalue weighted by Gasteiger charge is -2.34. The van der Waals surface area contributed by atoms with Gasteiger partial charge in [0.2, 0.25) is 11.8 Å². The van der Waals surface area contributed by atoms with Gasteiger partial charge in [0, 0.05) is 50.0 Å². The Morgan fingerprint density at radius 3 is 2.47 bits per heavy atom. The van der Waals surface area contributed by atoms with Crippen LogP contribution in [0.4, 0.5) is 14.5 Å². The third kappa shape index (κ3) is 4.96. The summed E-state index contributed by atoms with van der Waals surface area (Å²) >= 11 is 0. The molecular formula is C25H28F2N4O4S. The van der Waals surface area contributed by atoms with Crippen LogP contribution in [0.2, 0.25) is 0 Å². The number of carbonyl (C=O) groups is 1. The highest BCUT2D eigenvalue weighted by molar-refractivity contribution is 7.91. The molecule has 36 heavy (non-hydrogen) atoms. The van der Waals surface area contributed by atoms with Gasteiger partial charge >= 0.3 is 0 Å². The molecule has 1 amide bonds. The number of oxazole rings is 1. The molecule has 2 heterocycles. The van der Waals surface area contributed by atoms with Crippen molar-refractivity contribution in [1.29, 1.82) is 5.26 Å². The lowest BCUT2D eigenvalue weighted by atomic mass is 9.74. The number of rotatable bonds is 5. The number of amides is 1. The second-order valence-electron chi connectivity index (χ2n) is 10.1. The van der Waals surface area contributed by atoms with Crippen LogP contribution in [-0.4, -0.2) is 55.4 Å². The quantitative estimate of drug-likeness (QED) is 0.643. The van der Waals surface area contributed by atoms with Crippen molar-refractivity contribution in [2.45, 2.75) is 56.4 Å². The molecule has 0 spiro atoms. The Balaban J connectivity index is 1.41. The molecule has 1 aliphatic heterocycles. The molecule has 0 bridgehead atoms. The lowest BCUT2D eigenvalue weighted by Crippen LogP contribution is -2.45. The van der Waals surface area contributed by atoms with E-state index in [1.807, 2.05) is 29.2 Å². The molecule has 3 fully saturated rings. The molecule has 2 saturated carbocycles. The van der Waals surface area contributed by atoms with Gasteiger partial charge in [0.25, 0.3) is 0 Å². The van der Waals surface area contributed by atoms with Gasteiger partial charge in [-0.2, -0.15) is 5.26 Å². The fourth-order valence-corrected chi connectivity index (χ4v) is 6.34. The van der Waals surface area contributed by atoms with Gasteiger partial charge in [-0.05, 0) is 31.4 Å². The Hall–Kier alpha value is -3.00. The van der Waals surface area contributed by atoms with Crippen LogP contribution in [0.5, 0.6) is 0 Å². The first kappa shape index (κ1) is 24.7. The van der Waals surface area contributed by atoms with Crippen LogP contribution in [-0.2, 0) is 14.6 Å². The predicted molar refractivity (Wildman–Crippen MR) is 128 cm³/mol. The fraction of sp³-hybridized carbons (Fsp3) is 0.560. The number of nitriles is 1. The van der Waals surface area contributed by atoms with Crippen molar-refractivity contribution in [3.05, 3.63) is 35.9 Å². The summed E-state index contributed by atoms with van der Waals surface area (Å²) in [6, 6.07) is 9.54. The monoisotopic (exact) mass is 518 g/mol. The Bertz CT molecular complexity index is 1300. The van der Waals surface area contributed by atoms with E-state index in [2.05, 4.69) is 16.4 Å². The molecule has 1 aromatic carbocycles. The molecule has 0 unspecified atom stereocenters. The maximum Gasteiger partial charge on any atom is 0.249 e. The van der Waals surface area contributed by atoms with E-state index in [-0.39, 0.29) is 24.3 Å². The molecular weight excluding hydrogens is 490 g/mol. The fourth-order valence-electron chi connectivity index (χ4n) is 5.14. The van der Waals surface area contributed by atoms with Crippen molar-refractivity contribution in [3.8, 4) is 17.3 Å². The zero-order valence-electron chi connectivity index (χ0n) is 20.0. The third-order valence-electron chi connectivity index (χ3n) is 7.44. The summed E-state index contributed by atoms with van der Waals surface area (Å²) in [4.78, 5) is 19.6. The summed E-state index contributed by atoms with van der Waals surface area (Å²) in [5, 5.41) is 12.0. The van der Waals surface area contributed by atoms with E-state index < -0.39 is 45.5 Å². The average Bonchev–Trinajstić information content (AvgIpc) is 3.50. The first-order valence-electron chi connectivity index (χ1n) is 12.1. The molecule has 1 aromatic heterocycles. The van der Waals surface area contributed by atoms with Gasteiger partial charge in [-0.25, -0.2) is 22.2 Å². The van der Waals surface area contributed by atoms with Crippen molar-refractivity contribution in [2.24, 2.45) is 5.92 Å². The predicted octanol–water partition coefficient (Wildman–Crippen LogP) is 3.58. The smallest absolute Gasteiger partial charge is 0.249 e. The summed E-state index contributed by atoms with van der Waals surface area (Å²) < 4.78 is 58.2. The van der Waals surface area contributed by atoms with E-state index in [1.165, 1.54) is 0 Å². The number of sulfone groups is 1. The number of carbonyl (C=O) groups excluding carboxylic acids is 1. The lowest BCUT2D eigenvalue weighted by molar-refractivity contribution is -0.134. The van der Waals surface area contributed by atoms with Crippen molar-refractivity contribution in [1.82, 2.24) is 10.3 Å². The van der Waals surface area contributed by atoms with Crippen molar-refractivity contribution >= 4 is 21.4 Å². The zero-order chi connectivity index (χ0) is 25.7. The van der Waals surface area contributed by atoms with Crippen LogP contribution in [0.15, 0.2) is 28.7 Å². The minimum absolute atomic E-state index is 0.0621. The minimum Gasteiger partial charge on any atom is -0.445 e. The number of nitrogens with one attached hydrogen (secondary N) is 1. The van der Waals surface area contributed by atoms with E-state index in [1.54, 1.807) is 6.92 Å². The maximum atomic E-state index is 14.4. The van der Waals surface area contributed by atoms with Crippen LogP contribution in [0.1, 0.15) is 49.7 Å². The van der Waals surface area contributed by atoms with Gasteiger partial charge in [0.05, 0.1) is 23.5 Å². The first-order chi connectivity index (χ1) is 17.0. The minimum atomic E-state index is -2.99. The van der Waals surface area contributed by atoms with Crippen molar-refractivity contribution in [3.63, 3.8) is 0 Å². The van der Waals surface area contributed by atoms with Gasteiger partial charge in [-0.15, -0.1) is 0 Å². The van der Waals surface area contributed by atoms with Crippen LogP contribution in [0, 0.1) is 24.2 Å². The molecule has 5 rings (SSSR count). The Labute approximate surface area is 208 Å². The Morgan fingerprint density at radius 1 is 1.19 bits per heavy atom. The van der Waals surface area contributed by atoms with Gasteiger partial charge in [-0.1, -0.05) is 12.1 Å².